The molecule has 3 rings (SSSR count). The van der Waals surface area contributed by atoms with Crippen LogP contribution in [-0.2, 0) is 14.8 Å². The highest BCUT2D eigenvalue weighted by atomic mass is 32.2. The molecule has 2 aliphatic heterocycles. The molecule has 2 fully saturated rings. The van der Waals surface area contributed by atoms with Crippen LogP contribution in [-0.4, -0.2) is 69.5 Å². The van der Waals surface area contributed by atoms with Crippen molar-refractivity contribution in [1.82, 2.24) is 14.5 Å². The first kappa shape index (κ1) is 20.6. The van der Waals surface area contributed by atoms with E-state index in [0.717, 1.165) is 25.7 Å². The van der Waals surface area contributed by atoms with Crippen LogP contribution in [0, 0.1) is 5.92 Å². The molecule has 2 aliphatic rings. The average molecular weight is 410 g/mol. The highest BCUT2D eigenvalue weighted by Gasteiger charge is 2.27. The zero-order valence-electron chi connectivity index (χ0n) is 16.1. The molecule has 9 heteroatoms. The van der Waals surface area contributed by atoms with Gasteiger partial charge in [-0.05, 0) is 55.9 Å². The molecule has 2 saturated heterocycles. The highest BCUT2D eigenvalue weighted by molar-refractivity contribution is 7.89. The summed E-state index contributed by atoms with van der Waals surface area (Å²) >= 11 is 0. The number of carbonyl (C=O) groups excluding carboxylic acids is 2. The van der Waals surface area contributed by atoms with E-state index in [1.165, 1.54) is 23.5 Å². The minimum absolute atomic E-state index is 0.222. The first-order valence-electron chi connectivity index (χ1n) is 9.63. The van der Waals surface area contributed by atoms with Gasteiger partial charge >= 0.3 is 6.09 Å². The smallest absolute Gasteiger partial charge is 0.409 e. The lowest BCUT2D eigenvalue weighted by atomic mass is 9.97. The van der Waals surface area contributed by atoms with E-state index >= 15 is 0 Å². The molecule has 0 saturated carbocycles. The number of amides is 2. The van der Waals surface area contributed by atoms with Gasteiger partial charge in [0.15, 0.2) is 0 Å². The number of hydrogen-bond donors (Lipinski definition) is 1. The number of benzene rings is 1. The monoisotopic (exact) mass is 409 g/mol. The van der Waals surface area contributed by atoms with Crippen molar-refractivity contribution in [3.63, 3.8) is 0 Å². The van der Waals surface area contributed by atoms with Crippen molar-refractivity contribution in [2.75, 3.05) is 39.8 Å². The Morgan fingerprint density at radius 3 is 2.25 bits per heavy atom. The SMILES string of the molecule is COC(=O)N1CCC(CNC(=O)c2ccc(S(=O)(=O)N3CCCC3)cc2)CC1. The Kier molecular flexibility index (Phi) is 6.56. The predicted molar refractivity (Wildman–Crippen MR) is 103 cm³/mol. The maximum Gasteiger partial charge on any atom is 0.409 e. The van der Waals surface area contributed by atoms with E-state index in [9.17, 15) is 18.0 Å². The molecule has 154 valence electrons. The van der Waals surface area contributed by atoms with Gasteiger partial charge in [-0.25, -0.2) is 13.2 Å². The zero-order valence-corrected chi connectivity index (χ0v) is 16.9. The molecule has 0 unspecified atom stereocenters. The van der Waals surface area contributed by atoms with E-state index < -0.39 is 10.0 Å². The van der Waals surface area contributed by atoms with E-state index in [4.69, 9.17) is 4.74 Å². The summed E-state index contributed by atoms with van der Waals surface area (Å²) in [6, 6.07) is 6.10. The van der Waals surface area contributed by atoms with Crippen LogP contribution in [0.25, 0.3) is 0 Å². The van der Waals surface area contributed by atoms with Crippen molar-refractivity contribution in [3.05, 3.63) is 29.8 Å². The first-order chi connectivity index (χ1) is 13.4. The van der Waals surface area contributed by atoms with E-state index in [-0.39, 0.29) is 16.9 Å². The molecule has 2 heterocycles. The maximum absolute atomic E-state index is 12.5. The van der Waals surface area contributed by atoms with Crippen molar-refractivity contribution < 1.29 is 22.7 Å². The molecule has 2 amide bonds. The fourth-order valence-electron chi connectivity index (χ4n) is 3.64. The Labute approximate surface area is 165 Å². The molecule has 1 aromatic rings. The van der Waals surface area contributed by atoms with Crippen molar-refractivity contribution >= 4 is 22.0 Å². The van der Waals surface area contributed by atoms with Crippen LogP contribution < -0.4 is 5.32 Å². The third kappa shape index (κ3) is 4.64. The summed E-state index contributed by atoms with van der Waals surface area (Å²) in [6.07, 6.45) is 3.08. The molecule has 0 aliphatic carbocycles. The van der Waals surface area contributed by atoms with Gasteiger partial charge in [0.05, 0.1) is 12.0 Å². The van der Waals surface area contributed by atoms with Gasteiger partial charge in [0.2, 0.25) is 10.0 Å². The average Bonchev–Trinajstić information content (AvgIpc) is 3.28. The Bertz CT molecular complexity index is 795. The molecule has 0 atom stereocenters. The van der Waals surface area contributed by atoms with Crippen LogP contribution in [0.3, 0.4) is 0 Å². The summed E-state index contributed by atoms with van der Waals surface area (Å²) in [5.41, 5.74) is 0.437. The normalized spacial score (nSPS) is 18.8. The fraction of sp³-hybridized carbons (Fsp3) is 0.579. The number of piperidine rings is 1. The van der Waals surface area contributed by atoms with Crippen LogP contribution in [0.2, 0.25) is 0 Å². The number of carbonyl (C=O) groups is 2. The highest BCUT2D eigenvalue weighted by Crippen LogP contribution is 2.21. The van der Waals surface area contributed by atoms with E-state index in [0.29, 0.717) is 44.2 Å². The molecule has 0 bridgehead atoms. The number of nitrogens with one attached hydrogen (secondary N) is 1. The first-order valence-corrected chi connectivity index (χ1v) is 11.1. The summed E-state index contributed by atoms with van der Waals surface area (Å²) in [6.45, 7) is 2.88. The van der Waals surface area contributed by atoms with Gasteiger partial charge in [-0.2, -0.15) is 4.31 Å². The summed E-state index contributed by atoms with van der Waals surface area (Å²) in [5.74, 6) is 0.0835. The minimum atomic E-state index is -3.47. The van der Waals surface area contributed by atoms with Gasteiger partial charge in [-0.3, -0.25) is 4.79 Å². The third-order valence-corrected chi connectivity index (χ3v) is 7.33. The van der Waals surface area contributed by atoms with Crippen LogP contribution in [0.15, 0.2) is 29.2 Å². The molecule has 1 aromatic carbocycles. The van der Waals surface area contributed by atoms with E-state index in [1.54, 1.807) is 17.0 Å². The quantitative estimate of drug-likeness (QED) is 0.798. The molecular weight excluding hydrogens is 382 g/mol. The minimum Gasteiger partial charge on any atom is -0.453 e. The Morgan fingerprint density at radius 2 is 1.68 bits per heavy atom. The van der Waals surface area contributed by atoms with Gasteiger partial charge in [0, 0.05) is 38.3 Å². The number of hydrogen-bond acceptors (Lipinski definition) is 5. The van der Waals surface area contributed by atoms with Crippen LogP contribution in [0.4, 0.5) is 4.79 Å². The number of likely N-dealkylation sites (tertiary alicyclic amines) is 1. The maximum atomic E-state index is 12.5. The van der Waals surface area contributed by atoms with Gasteiger partial charge in [0.1, 0.15) is 0 Å². The zero-order chi connectivity index (χ0) is 20.1. The molecule has 28 heavy (non-hydrogen) atoms. The van der Waals surface area contributed by atoms with Crippen LogP contribution in [0.1, 0.15) is 36.0 Å². The van der Waals surface area contributed by atoms with Crippen molar-refractivity contribution in [2.24, 2.45) is 5.92 Å². The van der Waals surface area contributed by atoms with Gasteiger partial charge < -0.3 is 15.0 Å². The molecule has 0 radical (unpaired) electrons. The molecular formula is C19H27N3O5S. The van der Waals surface area contributed by atoms with Crippen LogP contribution in [0.5, 0.6) is 0 Å². The third-order valence-electron chi connectivity index (χ3n) is 5.42. The summed E-state index contributed by atoms with van der Waals surface area (Å²) in [7, 11) is -2.09. The van der Waals surface area contributed by atoms with Gasteiger partial charge in [-0.1, -0.05) is 0 Å². The lowest BCUT2D eigenvalue weighted by Crippen LogP contribution is -2.41. The van der Waals surface area contributed by atoms with Crippen molar-refractivity contribution in [2.45, 2.75) is 30.6 Å². The summed E-state index contributed by atoms with van der Waals surface area (Å²) in [5, 5.41) is 2.91. The Hall–Kier alpha value is -2.13. The lowest BCUT2D eigenvalue weighted by Gasteiger charge is -2.30. The number of rotatable bonds is 5. The number of methoxy groups -OCH3 is 1. The molecule has 8 nitrogen and oxygen atoms in total. The Balaban J connectivity index is 1.51. The Morgan fingerprint density at radius 1 is 1.07 bits per heavy atom. The predicted octanol–water partition coefficient (Wildman–Crippen LogP) is 1.68. The van der Waals surface area contributed by atoms with Crippen molar-refractivity contribution in [3.8, 4) is 0 Å². The molecule has 0 aromatic heterocycles. The largest absolute Gasteiger partial charge is 0.453 e. The van der Waals surface area contributed by atoms with Crippen molar-refractivity contribution in [1.29, 1.82) is 0 Å². The molecule has 0 spiro atoms. The topological polar surface area (TPSA) is 96.0 Å². The number of ether oxygens (including phenoxy) is 1. The molecule has 1 N–H and O–H groups in total. The lowest BCUT2D eigenvalue weighted by molar-refractivity contribution is 0.0914. The fourth-order valence-corrected chi connectivity index (χ4v) is 5.16. The standard InChI is InChI=1S/C19H27N3O5S/c1-27-19(24)21-12-8-15(9-13-21)14-20-18(23)16-4-6-17(7-5-16)28(25,26)22-10-2-3-11-22/h4-7,15H,2-3,8-14H2,1H3,(H,20,23). The van der Waals surface area contributed by atoms with Crippen LogP contribution >= 0.6 is 0 Å². The second-order valence-corrected chi connectivity index (χ2v) is 9.18. The van der Waals surface area contributed by atoms with E-state index in [1.807, 2.05) is 0 Å². The summed E-state index contributed by atoms with van der Waals surface area (Å²) in [4.78, 5) is 25.8. The van der Waals surface area contributed by atoms with E-state index in [2.05, 4.69) is 5.32 Å². The van der Waals surface area contributed by atoms with Gasteiger partial charge in [0.25, 0.3) is 5.91 Å². The number of nitrogens with zero attached hydrogens (tertiary/aromatic N) is 2. The second-order valence-electron chi connectivity index (χ2n) is 7.25. The second kappa shape index (κ2) is 8.91. The number of sulfonamides is 1. The summed E-state index contributed by atoms with van der Waals surface area (Å²) < 4.78 is 31.3. The van der Waals surface area contributed by atoms with Gasteiger partial charge in [-0.15, -0.1) is 0 Å².